The van der Waals surface area contributed by atoms with Gasteiger partial charge in [0.15, 0.2) is 5.96 Å². The number of hydrogen-bond donors (Lipinski definition) is 3. The smallest absolute Gasteiger partial charge is 0.224 e. The molecule has 0 saturated heterocycles. The first kappa shape index (κ1) is 25.1. The minimum atomic E-state index is -0.340. The number of aliphatic imine (C=N–C) groups is 1. The summed E-state index contributed by atoms with van der Waals surface area (Å²) in [6.07, 6.45) is 2.65. The van der Waals surface area contributed by atoms with Crippen LogP contribution in [0.3, 0.4) is 0 Å². The van der Waals surface area contributed by atoms with Crippen molar-refractivity contribution in [3.63, 3.8) is 0 Å². The van der Waals surface area contributed by atoms with Crippen molar-refractivity contribution in [2.24, 2.45) is 4.99 Å². The van der Waals surface area contributed by atoms with Crippen LogP contribution in [0.25, 0.3) is 0 Å². The molecule has 0 radical (unpaired) electrons. The highest BCUT2D eigenvalue weighted by Crippen LogP contribution is 2.06. The number of guanidine groups is 1. The molecule has 0 aliphatic carbocycles. The van der Waals surface area contributed by atoms with Crippen molar-refractivity contribution < 1.29 is 9.18 Å². The fraction of sp³-hybridized carbons (Fsp3) is 0.350. The van der Waals surface area contributed by atoms with Crippen LogP contribution in [0.2, 0.25) is 5.15 Å². The number of aromatic nitrogens is 1. The summed E-state index contributed by atoms with van der Waals surface area (Å²) in [5.74, 6) is 0.196. The van der Waals surface area contributed by atoms with Crippen molar-refractivity contribution in [3.05, 3.63) is 64.7 Å². The summed E-state index contributed by atoms with van der Waals surface area (Å²) in [6, 6.07) is 9.74. The molecule has 0 aliphatic heterocycles. The topological polar surface area (TPSA) is 78.4 Å². The standard InChI is InChI=1S/C20H25ClFN5O.HI/c1-2-23-20(25-9-8-15-6-7-18(21)27-14-15)26-11-10-24-19(28)13-16-4-3-5-17(22)12-16;/h3-7,12,14H,2,8-11,13H2,1H3,(H,24,28)(H2,23,25,26);1H. The number of rotatable bonds is 9. The number of benzene rings is 1. The van der Waals surface area contributed by atoms with Gasteiger partial charge in [0.2, 0.25) is 5.91 Å². The van der Waals surface area contributed by atoms with Gasteiger partial charge in [0, 0.05) is 32.4 Å². The van der Waals surface area contributed by atoms with E-state index in [0.717, 1.165) is 18.5 Å². The van der Waals surface area contributed by atoms with E-state index >= 15 is 0 Å². The van der Waals surface area contributed by atoms with Crippen molar-refractivity contribution in [1.29, 1.82) is 0 Å². The lowest BCUT2D eigenvalue weighted by atomic mass is 10.1. The van der Waals surface area contributed by atoms with Crippen LogP contribution in [0.4, 0.5) is 4.39 Å². The van der Waals surface area contributed by atoms with Crippen LogP contribution >= 0.6 is 35.6 Å². The lowest BCUT2D eigenvalue weighted by Crippen LogP contribution is -2.41. The Hall–Kier alpha value is -1.94. The monoisotopic (exact) mass is 533 g/mol. The number of pyridine rings is 1. The van der Waals surface area contributed by atoms with Crippen molar-refractivity contribution in [2.45, 2.75) is 19.8 Å². The second-order valence-electron chi connectivity index (χ2n) is 6.08. The molecule has 0 bridgehead atoms. The van der Waals surface area contributed by atoms with E-state index in [2.05, 4.69) is 25.9 Å². The first-order valence-electron chi connectivity index (χ1n) is 9.20. The number of hydrogen-bond acceptors (Lipinski definition) is 3. The maximum atomic E-state index is 13.1. The molecule has 1 amide bonds. The SMILES string of the molecule is CCNC(=NCCc1ccc(Cl)nc1)NCCNC(=O)Cc1cccc(F)c1.I. The van der Waals surface area contributed by atoms with Crippen molar-refractivity contribution >= 4 is 47.4 Å². The van der Waals surface area contributed by atoms with Gasteiger partial charge in [-0.25, -0.2) is 9.37 Å². The van der Waals surface area contributed by atoms with Gasteiger partial charge in [0.05, 0.1) is 6.42 Å². The highest BCUT2D eigenvalue weighted by atomic mass is 127. The number of amides is 1. The van der Waals surface area contributed by atoms with E-state index in [9.17, 15) is 9.18 Å². The Morgan fingerprint density at radius 2 is 1.93 bits per heavy atom. The van der Waals surface area contributed by atoms with Gasteiger partial charge in [-0.2, -0.15) is 0 Å². The van der Waals surface area contributed by atoms with Crippen molar-refractivity contribution in [3.8, 4) is 0 Å². The largest absolute Gasteiger partial charge is 0.357 e. The van der Waals surface area contributed by atoms with Crippen LogP contribution in [0.1, 0.15) is 18.1 Å². The average molecular weight is 534 g/mol. The summed E-state index contributed by atoms with van der Waals surface area (Å²) in [5.41, 5.74) is 1.71. The molecule has 0 fully saturated rings. The summed E-state index contributed by atoms with van der Waals surface area (Å²) in [4.78, 5) is 20.5. The maximum Gasteiger partial charge on any atom is 0.224 e. The van der Waals surface area contributed by atoms with Gasteiger partial charge in [-0.05, 0) is 42.7 Å². The molecule has 1 aromatic heterocycles. The van der Waals surface area contributed by atoms with Gasteiger partial charge in [-0.15, -0.1) is 24.0 Å². The molecular formula is C20H26ClFIN5O. The minimum absolute atomic E-state index is 0. The summed E-state index contributed by atoms with van der Waals surface area (Å²) in [5, 5.41) is 9.61. The highest BCUT2D eigenvalue weighted by molar-refractivity contribution is 14.0. The minimum Gasteiger partial charge on any atom is -0.357 e. The van der Waals surface area contributed by atoms with E-state index in [1.807, 2.05) is 13.0 Å². The molecule has 2 aromatic rings. The Bertz CT molecular complexity index is 789. The average Bonchev–Trinajstić information content (AvgIpc) is 2.66. The molecule has 6 nitrogen and oxygen atoms in total. The lowest BCUT2D eigenvalue weighted by molar-refractivity contribution is -0.120. The summed E-state index contributed by atoms with van der Waals surface area (Å²) in [7, 11) is 0. The number of nitrogens with zero attached hydrogens (tertiary/aromatic N) is 2. The fourth-order valence-corrected chi connectivity index (χ4v) is 2.58. The molecule has 0 atom stereocenters. The van der Waals surface area contributed by atoms with Crippen LogP contribution in [0.5, 0.6) is 0 Å². The first-order chi connectivity index (χ1) is 13.6. The predicted molar refractivity (Wildman–Crippen MR) is 125 cm³/mol. The van der Waals surface area contributed by atoms with E-state index < -0.39 is 0 Å². The third-order valence-electron chi connectivity index (χ3n) is 3.80. The molecule has 9 heteroatoms. The molecular weight excluding hydrogens is 508 g/mol. The third kappa shape index (κ3) is 10.4. The third-order valence-corrected chi connectivity index (χ3v) is 4.02. The molecule has 1 aromatic carbocycles. The van der Waals surface area contributed by atoms with E-state index in [1.54, 1.807) is 24.4 Å². The van der Waals surface area contributed by atoms with E-state index in [-0.39, 0.29) is 42.1 Å². The van der Waals surface area contributed by atoms with Gasteiger partial charge in [-0.3, -0.25) is 9.79 Å². The van der Waals surface area contributed by atoms with Crippen LogP contribution in [-0.2, 0) is 17.6 Å². The number of halogens is 3. The second-order valence-corrected chi connectivity index (χ2v) is 6.47. The molecule has 3 N–H and O–H groups in total. The molecule has 0 aliphatic rings. The summed E-state index contributed by atoms with van der Waals surface area (Å²) >= 11 is 5.78. The summed E-state index contributed by atoms with van der Waals surface area (Å²) in [6.45, 7) is 4.30. The number of carbonyl (C=O) groups is 1. The van der Waals surface area contributed by atoms with Crippen molar-refractivity contribution in [2.75, 3.05) is 26.2 Å². The maximum absolute atomic E-state index is 13.1. The van der Waals surface area contributed by atoms with Crippen molar-refractivity contribution in [1.82, 2.24) is 20.9 Å². The molecule has 158 valence electrons. The first-order valence-corrected chi connectivity index (χ1v) is 9.58. The number of nitrogens with one attached hydrogen (secondary N) is 3. The molecule has 0 unspecified atom stereocenters. The van der Waals surface area contributed by atoms with Crippen LogP contribution < -0.4 is 16.0 Å². The number of carbonyl (C=O) groups excluding carboxylic acids is 1. The summed E-state index contributed by atoms with van der Waals surface area (Å²) < 4.78 is 13.1. The van der Waals surface area contributed by atoms with E-state index in [1.165, 1.54) is 12.1 Å². The van der Waals surface area contributed by atoms with Gasteiger partial charge in [-0.1, -0.05) is 29.8 Å². The van der Waals surface area contributed by atoms with E-state index in [4.69, 9.17) is 11.6 Å². The molecule has 0 saturated carbocycles. The molecule has 2 rings (SSSR count). The van der Waals surface area contributed by atoms with E-state index in [0.29, 0.717) is 36.3 Å². The Morgan fingerprint density at radius 1 is 1.14 bits per heavy atom. The van der Waals surface area contributed by atoms with Crippen LogP contribution in [0, 0.1) is 5.82 Å². The molecule has 0 spiro atoms. The fourth-order valence-electron chi connectivity index (χ4n) is 2.47. The lowest BCUT2D eigenvalue weighted by Gasteiger charge is -2.12. The zero-order valence-corrected chi connectivity index (χ0v) is 19.3. The predicted octanol–water partition coefficient (Wildman–Crippen LogP) is 2.95. The zero-order valence-electron chi connectivity index (χ0n) is 16.3. The quantitative estimate of drug-likeness (QED) is 0.152. The van der Waals surface area contributed by atoms with Gasteiger partial charge in [0.1, 0.15) is 11.0 Å². The Morgan fingerprint density at radius 3 is 2.62 bits per heavy atom. The zero-order chi connectivity index (χ0) is 20.2. The van der Waals surface area contributed by atoms with Gasteiger partial charge < -0.3 is 16.0 Å². The normalized spacial score (nSPS) is 10.8. The van der Waals surface area contributed by atoms with Gasteiger partial charge >= 0.3 is 0 Å². The second kappa shape index (κ2) is 14.1. The highest BCUT2D eigenvalue weighted by Gasteiger charge is 2.04. The Balaban J connectivity index is 0.00000420. The van der Waals surface area contributed by atoms with Crippen LogP contribution in [-0.4, -0.2) is 43.0 Å². The Labute approximate surface area is 192 Å². The Kier molecular flexibility index (Phi) is 12.2. The molecule has 1 heterocycles. The van der Waals surface area contributed by atoms with Gasteiger partial charge in [0.25, 0.3) is 0 Å². The molecule has 29 heavy (non-hydrogen) atoms. The van der Waals surface area contributed by atoms with Crippen LogP contribution in [0.15, 0.2) is 47.6 Å².